The van der Waals surface area contributed by atoms with Gasteiger partial charge in [-0.05, 0) is 25.3 Å². The molecule has 0 radical (unpaired) electrons. The Labute approximate surface area is 176 Å². The summed E-state index contributed by atoms with van der Waals surface area (Å²) in [6, 6.07) is 9.36. The minimum absolute atomic E-state index is 0.176. The van der Waals surface area contributed by atoms with Gasteiger partial charge in [0.15, 0.2) is 5.65 Å². The van der Waals surface area contributed by atoms with Gasteiger partial charge in [-0.2, -0.15) is 5.10 Å². The van der Waals surface area contributed by atoms with Crippen molar-refractivity contribution in [1.82, 2.24) is 20.1 Å². The van der Waals surface area contributed by atoms with Crippen LogP contribution < -0.4 is 10.6 Å². The molecule has 0 unspecified atom stereocenters. The monoisotopic (exact) mass is 407 g/mol. The van der Waals surface area contributed by atoms with Crippen LogP contribution in [-0.4, -0.2) is 38.4 Å². The Balaban J connectivity index is 1.67. The van der Waals surface area contributed by atoms with E-state index in [0.29, 0.717) is 18.2 Å². The summed E-state index contributed by atoms with van der Waals surface area (Å²) in [6.07, 6.45) is 9.25. The Kier molecular flexibility index (Phi) is 6.28. The van der Waals surface area contributed by atoms with Crippen LogP contribution in [-0.2, 0) is 6.54 Å². The third-order valence-corrected chi connectivity index (χ3v) is 5.85. The Morgan fingerprint density at radius 3 is 2.67 bits per heavy atom. The van der Waals surface area contributed by atoms with Gasteiger partial charge in [0.2, 0.25) is 0 Å². The van der Waals surface area contributed by atoms with Crippen molar-refractivity contribution in [3.63, 3.8) is 0 Å². The van der Waals surface area contributed by atoms with Crippen molar-refractivity contribution in [3.8, 4) is 0 Å². The lowest BCUT2D eigenvalue weighted by atomic mass is 9.95. The lowest BCUT2D eigenvalue weighted by molar-refractivity contribution is 0.0916. The molecule has 2 aromatic heterocycles. The largest absolute Gasteiger partial charge is 0.394 e. The number of hydrogen-bond donors (Lipinski definition) is 3. The smallest absolute Gasteiger partial charge is 0.255 e. The third kappa shape index (κ3) is 4.16. The molecule has 1 fully saturated rings. The number of aryl methyl sites for hydroxylation is 1. The highest BCUT2D eigenvalue weighted by molar-refractivity contribution is 6.06. The van der Waals surface area contributed by atoms with Gasteiger partial charge in [0.1, 0.15) is 0 Å². The van der Waals surface area contributed by atoms with E-state index >= 15 is 0 Å². The molecule has 2 heterocycles. The van der Waals surface area contributed by atoms with Crippen molar-refractivity contribution < 1.29 is 9.90 Å². The standard InChI is InChI=1S/C23H29N5O2/c1-2-28-22-18(14-25-28)21(26-17-11-7-4-8-12-17)19(13-24-22)23(30)27-20(15-29)16-9-5-3-6-10-16/h3,5-6,9-10,13-14,17,20,29H,2,4,7-8,11-12,15H2,1H3,(H,24,26)(H,27,30)/t20-/m1/s1. The average molecular weight is 408 g/mol. The van der Waals surface area contributed by atoms with Crippen molar-refractivity contribution in [1.29, 1.82) is 0 Å². The van der Waals surface area contributed by atoms with Crippen LogP contribution >= 0.6 is 0 Å². The van der Waals surface area contributed by atoms with Crippen LogP contribution in [0.15, 0.2) is 42.7 Å². The molecule has 158 valence electrons. The highest BCUT2D eigenvalue weighted by atomic mass is 16.3. The van der Waals surface area contributed by atoms with E-state index in [1.165, 1.54) is 19.3 Å². The van der Waals surface area contributed by atoms with E-state index in [1.54, 1.807) is 12.4 Å². The average Bonchev–Trinajstić information content (AvgIpc) is 3.22. The zero-order valence-corrected chi connectivity index (χ0v) is 17.3. The molecular formula is C23H29N5O2. The maximum absolute atomic E-state index is 13.2. The van der Waals surface area contributed by atoms with Gasteiger partial charge >= 0.3 is 0 Å². The van der Waals surface area contributed by atoms with E-state index in [1.807, 2.05) is 41.9 Å². The highest BCUT2D eigenvalue weighted by Crippen LogP contribution is 2.30. The zero-order chi connectivity index (χ0) is 20.9. The zero-order valence-electron chi connectivity index (χ0n) is 17.3. The second kappa shape index (κ2) is 9.26. The molecule has 1 aliphatic carbocycles. The minimum atomic E-state index is -0.477. The number of aliphatic hydroxyl groups is 1. The fraction of sp³-hybridized carbons (Fsp3) is 0.435. The van der Waals surface area contributed by atoms with Gasteiger partial charge in [0, 0.05) is 18.8 Å². The van der Waals surface area contributed by atoms with Crippen LogP contribution in [0.4, 0.5) is 5.69 Å². The first-order valence-electron chi connectivity index (χ1n) is 10.8. The van der Waals surface area contributed by atoms with Crippen molar-refractivity contribution in [2.45, 2.75) is 57.7 Å². The predicted octanol–water partition coefficient (Wildman–Crippen LogP) is 3.66. The molecule has 7 heteroatoms. The third-order valence-electron chi connectivity index (χ3n) is 5.85. The Hall–Kier alpha value is -2.93. The second-order valence-corrected chi connectivity index (χ2v) is 7.84. The Morgan fingerprint density at radius 1 is 1.20 bits per heavy atom. The van der Waals surface area contributed by atoms with E-state index in [4.69, 9.17) is 0 Å². The van der Waals surface area contributed by atoms with Gasteiger partial charge in [-0.3, -0.25) is 4.79 Å². The van der Waals surface area contributed by atoms with Crippen LogP contribution in [0.5, 0.6) is 0 Å². The number of nitrogens with zero attached hydrogens (tertiary/aromatic N) is 3. The van der Waals surface area contributed by atoms with Crippen molar-refractivity contribution in [2.75, 3.05) is 11.9 Å². The quantitative estimate of drug-likeness (QED) is 0.556. The number of anilines is 1. The number of hydrogen-bond acceptors (Lipinski definition) is 5. The van der Waals surface area contributed by atoms with Gasteiger partial charge in [0.05, 0.1) is 35.5 Å². The van der Waals surface area contributed by atoms with Gasteiger partial charge < -0.3 is 15.7 Å². The molecule has 0 spiro atoms. The summed E-state index contributed by atoms with van der Waals surface area (Å²) >= 11 is 0. The molecule has 30 heavy (non-hydrogen) atoms. The fourth-order valence-electron chi connectivity index (χ4n) is 4.19. The van der Waals surface area contributed by atoms with Crippen LogP contribution in [0.25, 0.3) is 11.0 Å². The van der Waals surface area contributed by atoms with Crippen molar-refractivity contribution in [2.24, 2.45) is 0 Å². The fourth-order valence-corrected chi connectivity index (χ4v) is 4.19. The molecule has 0 saturated heterocycles. The molecule has 3 N–H and O–H groups in total. The summed E-state index contributed by atoms with van der Waals surface area (Å²) in [4.78, 5) is 17.8. The van der Waals surface area contributed by atoms with Gasteiger partial charge in [-0.25, -0.2) is 9.67 Å². The van der Waals surface area contributed by atoms with Gasteiger partial charge in [-0.15, -0.1) is 0 Å². The van der Waals surface area contributed by atoms with Crippen LogP contribution in [0.3, 0.4) is 0 Å². The SMILES string of the molecule is CCn1ncc2c(NC3CCCCC3)c(C(=O)N[C@H](CO)c3ccccc3)cnc21. The number of fused-ring (bicyclic) bond motifs is 1. The van der Waals surface area contributed by atoms with Crippen molar-refractivity contribution in [3.05, 3.63) is 53.9 Å². The first-order chi connectivity index (χ1) is 14.7. The first kappa shape index (κ1) is 20.3. The molecule has 3 aromatic rings. The van der Waals surface area contributed by atoms with E-state index in [0.717, 1.165) is 35.1 Å². The lowest BCUT2D eigenvalue weighted by Gasteiger charge is -2.26. The number of amides is 1. The topological polar surface area (TPSA) is 92.1 Å². The maximum Gasteiger partial charge on any atom is 0.255 e. The number of nitrogens with one attached hydrogen (secondary N) is 2. The lowest BCUT2D eigenvalue weighted by Crippen LogP contribution is -2.32. The van der Waals surface area contributed by atoms with E-state index in [9.17, 15) is 9.90 Å². The maximum atomic E-state index is 13.2. The van der Waals surface area contributed by atoms with E-state index < -0.39 is 6.04 Å². The van der Waals surface area contributed by atoms with Crippen LogP contribution in [0.2, 0.25) is 0 Å². The van der Waals surface area contributed by atoms with Crippen molar-refractivity contribution >= 4 is 22.6 Å². The molecule has 4 rings (SSSR count). The van der Waals surface area contributed by atoms with E-state index in [-0.39, 0.29) is 12.5 Å². The number of carbonyl (C=O) groups is 1. The normalized spacial score (nSPS) is 15.8. The second-order valence-electron chi connectivity index (χ2n) is 7.84. The predicted molar refractivity (Wildman–Crippen MR) is 117 cm³/mol. The number of carbonyl (C=O) groups excluding carboxylic acids is 1. The molecule has 0 aliphatic heterocycles. The summed E-state index contributed by atoms with van der Waals surface area (Å²) in [5, 5.41) is 21.7. The minimum Gasteiger partial charge on any atom is -0.394 e. The van der Waals surface area contributed by atoms with Crippen LogP contribution in [0.1, 0.15) is 61.0 Å². The number of aliphatic hydroxyl groups excluding tert-OH is 1. The summed E-state index contributed by atoms with van der Waals surface area (Å²) in [6.45, 7) is 2.56. The molecule has 1 aliphatic rings. The first-order valence-corrected chi connectivity index (χ1v) is 10.8. The molecule has 0 bridgehead atoms. The number of benzene rings is 1. The Bertz CT molecular complexity index is 996. The summed E-state index contributed by atoms with van der Waals surface area (Å²) < 4.78 is 1.84. The number of pyridine rings is 1. The van der Waals surface area contributed by atoms with Crippen LogP contribution in [0, 0.1) is 0 Å². The number of rotatable bonds is 7. The van der Waals surface area contributed by atoms with E-state index in [2.05, 4.69) is 20.7 Å². The van der Waals surface area contributed by atoms with Gasteiger partial charge in [0.25, 0.3) is 5.91 Å². The highest BCUT2D eigenvalue weighted by Gasteiger charge is 2.23. The number of aromatic nitrogens is 3. The Morgan fingerprint density at radius 2 is 1.97 bits per heavy atom. The molecule has 1 saturated carbocycles. The van der Waals surface area contributed by atoms with Gasteiger partial charge in [-0.1, -0.05) is 49.6 Å². The molecule has 1 amide bonds. The summed E-state index contributed by atoms with van der Waals surface area (Å²) in [7, 11) is 0. The molecule has 1 aromatic carbocycles. The summed E-state index contributed by atoms with van der Waals surface area (Å²) in [5.74, 6) is -0.255. The molecule has 1 atom stereocenters. The molecule has 7 nitrogen and oxygen atoms in total. The summed E-state index contributed by atoms with van der Waals surface area (Å²) in [5.41, 5.74) is 2.91. The molecular weight excluding hydrogens is 378 g/mol.